The Hall–Kier alpha value is -1.91. The average Bonchev–Trinajstić information content (AvgIpc) is 2.86. The van der Waals surface area contributed by atoms with E-state index < -0.39 is 0 Å². The quantitative estimate of drug-likeness (QED) is 0.908. The predicted octanol–water partition coefficient (Wildman–Crippen LogP) is 3.22. The molecular formula is C15H23N5. The molecule has 0 fully saturated rings. The second-order valence-electron chi connectivity index (χ2n) is 5.29. The highest BCUT2D eigenvalue weighted by atomic mass is 15.3. The maximum absolute atomic E-state index is 4.64. The number of nitrogens with one attached hydrogen (secondary N) is 1. The van der Waals surface area contributed by atoms with Gasteiger partial charge in [-0.3, -0.25) is 4.68 Å². The predicted molar refractivity (Wildman–Crippen MR) is 81.9 cm³/mol. The van der Waals surface area contributed by atoms with E-state index in [2.05, 4.69) is 41.2 Å². The van der Waals surface area contributed by atoms with Crippen LogP contribution < -0.4 is 5.32 Å². The lowest BCUT2D eigenvalue weighted by Gasteiger charge is -2.15. The van der Waals surface area contributed by atoms with Crippen molar-refractivity contribution in [3.63, 3.8) is 0 Å². The van der Waals surface area contributed by atoms with E-state index in [9.17, 15) is 0 Å². The fourth-order valence-corrected chi connectivity index (χ4v) is 2.42. The van der Waals surface area contributed by atoms with E-state index in [1.165, 1.54) is 5.56 Å². The first-order chi connectivity index (χ1) is 9.56. The maximum Gasteiger partial charge on any atom is 0.164 e. The molecule has 0 saturated heterocycles. The summed E-state index contributed by atoms with van der Waals surface area (Å²) < 4.78 is 1.93. The molecule has 20 heavy (non-hydrogen) atoms. The standard InChI is InChI=1S/C15H23N5/c1-6-7-20-9-12(8-17-20)14-18-11(4)13(10(2)3)15(16-5)19-14/h8-10H,6-7H2,1-5H3,(H,16,18,19). The Kier molecular flexibility index (Phi) is 4.37. The molecule has 0 aromatic carbocycles. The molecular weight excluding hydrogens is 250 g/mol. The van der Waals surface area contributed by atoms with Crippen LogP contribution in [0.3, 0.4) is 0 Å². The van der Waals surface area contributed by atoms with Gasteiger partial charge in [-0.15, -0.1) is 0 Å². The van der Waals surface area contributed by atoms with Crippen molar-refractivity contribution in [3.05, 3.63) is 23.7 Å². The highest BCUT2D eigenvalue weighted by Crippen LogP contribution is 2.27. The maximum atomic E-state index is 4.64. The number of hydrogen-bond acceptors (Lipinski definition) is 4. The number of aromatic nitrogens is 4. The normalized spacial score (nSPS) is 11.1. The lowest BCUT2D eigenvalue weighted by Crippen LogP contribution is -2.06. The largest absolute Gasteiger partial charge is 0.373 e. The Labute approximate surface area is 120 Å². The van der Waals surface area contributed by atoms with Gasteiger partial charge in [-0.1, -0.05) is 20.8 Å². The van der Waals surface area contributed by atoms with Crippen LogP contribution in [0.5, 0.6) is 0 Å². The minimum Gasteiger partial charge on any atom is -0.373 e. The average molecular weight is 273 g/mol. The van der Waals surface area contributed by atoms with Crippen LogP contribution in [-0.4, -0.2) is 26.8 Å². The summed E-state index contributed by atoms with van der Waals surface area (Å²) in [4.78, 5) is 9.28. The van der Waals surface area contributed by atoms with Crippen molar-refractivity contribution >= 4 is 5.82 Å². The minimum absolute atomic E-state index is 0.398. The molecule has 0 aliphatic heterocycles. The topological polar surface area (TPSA) is 55.6 Å². The summed E-state index contributed by atoms with van der Waals surface area (Å²) in [5.74, 6) is 2.04. The van der Waals surface area contributed by atoms with Gasteiger partial charge in [0.1, 0.15) is 5.82 Å². The van der Waals surface area contributed by atoms with E-state index in [0.29, 0.717) is 5.92 Å². The molecule has 0 saturated carbocycles. The molecule has 0 unspecified atom stereocenters. The molecule has 108 valence electrons. The zero-order valence-corrected chi connectivity index (χ0v) is 12.9. The third-order valence-corrected chi connectivity index (χ3v) is 3.29. The number of aryl methyl sites for hydroxylation is 2. The Balaban J connectivity index is 2.44. The van der Waals surface area contributed by atoms with Gasteiger partial charge in [0.05, 0.1) is 11.8 Å². The van der Waals surface area contributed by atoms with Crippen LogP contribution in [0, 0.1) is 6.92 Å². The van der Waals surface area contributed by atoms with E-state index in [1.807, 2.05) is 31.0 Å². The summed E-state index contributed by atoms with van der Waals surface area (Å²) in [5.41, 5.74) is 3.17. The zero-order valence-electron chi connectivity index (χ0n) is 12.9. The van der Waals surface area contributed by atoms with Crippen LogP contribution in [0.4, 0.5) is 5.82 Å². The summed E-state index contributed by atoms with van der Waals surface area (Å²) in [6.45, 7) is 9.41. The molecule has 0 aliphatic rings. The third kappa shape index (κ3) is 2.81. The summed E-state index contributed by atoms with van der Waals surface area (Å²) in [5, 5.41) is 7.52. The van der Waals surface area contributed by atoms with Gasteiger partial charge in [-0.25, -0.2) is 9.97 Å². The Morgan fingerprint density at radius 2 is 2.05 bits per heavy atom. The number of hydrogen-bond donors (Lipinski definition) is 1. The van der Waals surface area contributed by atoms with Crippen molar-refractivity contribution in [1.29, 1.82) is 0 Å². The van der Waals surface area contributed by atoms with Gasteiger partial charge in [0, 0.05) is 31.0 Å². The summed E-state index contributed by atoms with van der Waals surface area (Å²) in [6, 6.07) is 0. The van der Waals surface area contributed by atoms with Gasteiger partial charge in [0.15, 0.2) is 5.82 Å². The van der Waals surface area contributed by atoms with E-state index in [1.54, 1.807) is 0 Å². The monoisotopic (exact) mass is 273 g/mol. The highest BCUT2D eigenvalue weighted by molar-refractivity contribution is 5.59. The molecule has 2 heterocycles. The van der Waals surface area contributed by atoms with Crippen LogP contribution in [0.1, 0.15) is 44.4 Å². The first-order valence-electron chi connectivity index (χ1n) is 7.15. The van der Waals surface area contributed by atoms with E-state index in [-0.39, 0.29) is 0 Å². The SMILES string of the molecule is CCCn1cc(-c2nc(C)c(C(C)C)c(NC)n2)cn1. The minimum atomic E-state index is 0.398. The summed E-state index contributed by atoms with van der Waals surface area (Å²) >= 11 is 0. The Morgan fingerprint density at radius 1 is 1.30 bits per heavy atom. The zero-order chi connectivity index (χ0) is 14.7. The number of rotatable bonds is 5. The highest BCUT2D eigenvalue weighted by Gasteiger charge is 2.15. The Morgan fingerprint density at radius 3 is 2.65 bits per heavy atom. The second kappa shape index (κ2) is 6.03. The van der Waals surface area contributed by atoms with Gasteiger partial charge >= 0.3 is 0 Å². The van der Waals surface area contributed by atoms with Crippen LogP contribution >= 0.6 is 0 Å². The van der Waals surface area contributed by atoms with Gasteiger partial charge in [0.2, 0.25) is 0 Å². The van der Waals surface area contributed by atoms with Crippen molar-refractivity contribution in [2.24, 2.45) is 0 Å². The molecule has 0 amide bonds. The fourth-order valence-electron chi connectivity index (χ4n) is 2.42. The van der Waals surface area contributed by atoms with Crippen LogP contribution in [-0.2, 0) is 6.54 Å². The lowest BCUT2D eigenvalue weighted by atomic mass is 10.0. The van der Waals surface area contributed by atoms with Gasteiger partial charge in [-0.05, 0) is 19.3 Å². The van der Waals surface area contributed by atoms with Crippen LogP contribution in [0.25, 0.3) is 11.4 Å². The summed E-state index contributed by atoms with van der Waals surface area (Å²) in [7, 11) is 1.90. The first kappa shape index (κ1) is 14.5. The van der Waals surface area contributed by atoms with Gasteiger partial charge in [0.25, 0.3) is 0 Å². The molecule has 0 aliphatic carbocycles. The number of anilines is 1. The van der Waals surface area contributed by atoms with E-state index >= 15 is 0 Å². The van der Waals surface area contributed by atoms with Crippen LogP contribution in [0.2, 0.25) is 0 Å². The van der Waals surface area contributed by atoms with Crippen LogP contribution in [0.15, 0.2) is 12.4 Å². The van der Waals surface area contributed by atoms with E-state index in [4.69, 9.17) is 0 Å². The van der Waals surface area contributed by atoms with Gasteiger partial charge in [-0.2, -0.15) is 5.10 Å². The molecule has 5 nitrogen and oxygen atoms in total. The fraction of sp³-hybridized carbons (Fsp3) is 0.533. The molecule has 1 N–H and O–H groups in total. The molecule has 0 bridgehead atoms. The van der Waals surface area contributed by atoms with Gasteiger partial charge < -0.3 is 5.32 Å². The molecule has 2 aromatic rings. The van der Waals surface area contributed by atoms with Crippen molar-refractivity contribution in [2.75, 3.05) is 12.4 Å². The molecule has 0 radical (unpaired) electrons. The summed E-state index contributed by atoms with van der Waals surface area (Å²) in [6.07, 6.45) is 4.90. The molecule has 2 aromatic heterocycles. The lowest BCUT2D eigenvalue weighted by molar-refractivity contribution is 0.603. The smallest absolute Gasteiger partial charge is 0.164 e. The number of nitrogens with zero attached hydrogens (tertiary/aromatic N) is 4. The molecule has 0 atom stereocenters. The third-order valence-electron chi connectivity index (χ3n) is 3.29. The van der Waals surface area contributed by atoms with Crippen molar-refractivity contribution < 1.29 is 0 Å². The van der Waals surface area contributed by atoms with Crippen molar-refractivity contribution in [3.8, 4) is 11.4 Å². The molecule has 5 heteroatoms. The molecule has 2 rings (SSSR count). The van der Waals surface area contributed by atoms with Crippen molar-refractivity contribution in [1.82, 2.24) is 19.7 Å². The Bertz CT molecular complexity index is 586. The second-order valence-corrected chi connectivity index (χ2v) is 5.29. The van der Waals surface area contributed by atoms with E-state index in [0.717, 1.165) is 35.9 Å². The first-order valence-corrected chi connectivity index (χ1v) is 7.15. The van der Waals surface area contributed by atoms with Crippen molar-refractivity contribution in [2.45, 2.75) is 46.6 Å². The molecule has 0 spiro atoms.